The molecular formula is C30H28N4O6. The van der Waals surface area contributed by atoms with Gasteiger partial charge >= 0.3 is 6.09 Å². The first-order valence-corrected chi connectivity index (χ1v) is 13.1. The number of rotatable bonds is 6. The Bertz CT molecular complexity index is 1450. The van der Waals surface area contributed by atoms with Gasteiger partial charge in [0, 0.05) is 13.0 Å². The lowest BCUT2D eigenvalue weighted by Crippen LogP contribution is -2.54. The lowest BCUT2D eigenvalue weighted by atomic mass is 9.98. The Hall–Kier alpha value is -4.54. The van der Waals surface area contributed by atoms with Gasteiger partial charge in [-0.25, -0.2) is 9.69 Å². The number of alkyl carbamates (subject to hydrolysis) is 1. The van der Waals surface area contributed by atoms with Gasteiger partial charge in [-0.3, -0.25) is 19.2 Å². The van der Waals surface area contributed by atoms with Crippen LogP contribution in [0.2, 0.25) is 0 Å². The van der Waals surface area contributed by atoms with Crippen molar-refractivity contribution in [2.24, 2.45) is 5.92 Å². The van der Waals surface area contributed by atoms with Gasteiger partial charge in [-0.05, 0) is 41.3 Å². The van der Waals surface area contributed by atoms with Crippen molar-refractivity contribution in [2.75, 3.05) is 18.6 Å². The van der Waals surface area contributed by atoms with Crippen molar-refractivity contribution in [3.63, 3.8) is 0 Å². The third-order valence-electron chi connectivity index (χ3n) is 7.68. The Balaban J connectivity index is 1.07. The van der Waals surface area contributed by atoms with E-state index in [1.807, 2.05) is 36.4 Å². The molecule has 1 aliphatic carbocycles. The maximum absolute atomic E-state index is 13.2. The number of benzene rings is 3. The molecule has 0 radical (unpaired) electrons. The zero-order valence-corrected chi connectivity index (χ0v) is 21.9. The molecule has 40 heavy (non-hydrogen) atoms. The number of anilines is 1. The predicted octanol–water partition coefficient (Wildman–Crippen LogP) is 2.79. The molecule has 3 aromatic rings. The Kier molecular flexibility index (Phi) is 6.57. The van der Waals surface area contributed by atoms with Crippen molar-refractivity contribution in [3.05, 3.63) is 90.0 Å². The van der Waals surface area contributed by atoms with E-state index in [-0.39, 0.29) is 12.5 Å². The molecule has 2 fully saturated rings. The van der Waals surface area contributed by atoms with Crippen LogP contribution in [0.1, 0.15) is 24.0 Å². The maximum Gasteiger partial charge on any atom is 0.407 e. The number of para-hydroxylation sites is 1. The van der Waals surface area contributed by atoms with E-state index in [0.717, 1.165) is 27.2 Å². The summed E-state index contributed by atoms with van der Waals surface area (Å²) in [5.74, 6) is -2.54. The molecule has 4 amide bonds. The van der Waals surface area contributed by atoms with Crippen LogP contribution in [0, 0.1) is 5.92 Å². The number of hydrogen-bond acceptors (Lipinski definition) is 7. The van der Waals surface area contributed by atoms with Gasteiger partial charge in [-0.15, -0.1) is 0 Å². The number of amides is 4. The molecule has 10 heteroatoms. The average Bonchev–Trinajstić information content (AvgIpc) is 3.55. The minimum atomic E-state index is -1.05. The van der Waals surface area contributed by atoms with Gasteiger partial charge in [0.1, 0.15) is 24.7 Å². The monoisotopic (exact) mass is 540 g/mol. The molecule has 204 valence electrons. The third-order valence-corrected chi connectivity index (χ3v) is 7.68. The molecule has 3 aromatic carbocycles. The Morgan fingerprint density at radius 2 is 1.50 bits per heavy atom. The van der Waals surface area contributed by atoms with E-state index in [2.05, 4.69) is 22.8 Å². The summed E-state index contributed by atoms with van der Waals surface area (Å²) in [7, 11) is 1.54. The van der Waals surface area contributed by atoms with Gasteiger partial charge in [0.2, 0.25) is 11.8 Å². The molecule has 6 rings (SSSR count). The van der Waals surface area contributed by atoms with Crippen molar-refractivity contribution < 1.29 is 28.8 Å². The number of nitrogens with zero attached hydrogens (tertiary/aromatic N) is 2. The van der Waals surface area contributed by atoms with Gasteiger partial charge in [0.15, 0.2) is 6.10 Å². The highest BCUT2D eigenvalue weighted by atomic mass is 16.7. The molecule has 10 nitrogen and oxygen atoms in total. The van der Waals surface area contributed by atoms with Crippen molar-refractivity contribution in [1.29, 1.82) is 0 Å². The minimum Gasteiger partial charge on any atom is -0.449 e. The van der Waals surface area contributed by atoms with E-state index >= 15 is 0 Å². The lowest BCUT2D eigenvalue weighted by Gasteiger charge is -2.26. The van der Waals surface area contributed by atoms with Gasteiger partial charge < -0.3 is 15.4 Å². The number of fused-ring (bicyclic) bond motifs is 4. The van der Waals surface area contributed by atoms with E-state index in [0.29, 0.717) is 5.69 Å². The summed E-state index contributed by atoms with van der Waals surface area (Å²) < 4.78 is 5.54. The number of nitrogens with one attached hydrogen (secondary N) is 2. The lowest BCUT2D eigenvalue weighted by molar-refractivity contribution is -0.164. The molecular weight excluding hydrogens is 512 g/mol. The van der Waals surface area contributed by atoms with Gasteiger partial charge in [-0.1, -0.05) is 66.7 Å². The number of ether oxygens (including phenoxy) is 1. The van der Waals surface area contributed by atoms with Gasteiger partial charge in [0.25, 0.3) is 5.91 Å². The summed E-state index contributed by atoms with van der Waals surface area (Å²) in [5.41, 5.74) is 4.84. The van der Waals surface area contributed by atoms with Gasteiger partial charge in [0.05, 0.1) is 5.69 Å². The zero-order chi connectivity index (χ0) is 28.0. The zero-order valence-electron chi connectivity index (χ0n) is 21.9. The van der Waals surface area contributed by atoms with Gasteiger partial charge in [-0.2, -0.15) is 5.06 Å². The second-order valence-electron chi connectivity index (χ2n) is 10.1. The molecule has 0 aromatic heterocycles. The molecule has 0 bridgehead atoms. The Morgan fingerprint density at radius 3 is 2.15 bits per heavy atom. The van der Waals surface area contributed by atoms with Crippen LogP contribution < -0.4 is 15.5 Å². The molecule has 2 saturated heterocycles. The SMILES string of the molecule is C[C@H](NC(=O)OCC1c2ccccc2-c2ccccc21)C(=O)N[C@H]1[C@@H]2C(=O)N(c3ccccc3)C(=O)[C@@H]2ON1C. The smallest absolute Gasteiger partial charge is 0.407 e. The van der Waals surface area contributed by atoms with Crippen LogP contribution in [-0.2, 0) is 24.0 Å². The van der Waals surface area contributed by atoms with Crippen LogP contribution in [0.25, 0.3) is 11.1 Å². The molecule has 0 unspecified atom stereocenters. The molecule has 2 N–H and O–H groups in total. The summed E-state index contributed by atoms with van der Waals surface area (Å²) in [6.45, 7) is 1.63. The Labute approximate surface area is 230 Å². The molecule has 3 aliphatic rings. The van der Waals surface area contributed by atoms with Crippen LogP contribution in [0.3, 0.4) is 0 Å². The summed E-state index contributed by atoms with van der Waals surface area (Å²) in [6, 6.07) is 23.6. The number of hydrogen-bond donors (Lipinski definition) is 2. The normalized spacial score (nSPS) is 22.4. The quantitative estimate of drug-likeness (QED) is 0.462. The van der Waals surface area contributed by atoms with Crippen LogP contribution in [0.4, 0.5) is 10.5 Å². The van der Waals surface area contributed by atoms with Crippen LogP contribution in [0.15, 0.2) is 78.9 Å². The summed E-state index contributed by atoms with van der Waals surface area (Å²) >= 11 is 0. The van der Waals surface area contributed by atoms with Crippen LogP contribution in [-0.4, -0.2) is 60.8 Å². The molecule has 2 aliphatic heterocycles. The second-order valence-corrected chi connectivity index (χ2v) is 10.1. The van der Waals surface area contributed by atoms with E-state index < -0.39 is 48.0 Å². The van der Waals surface area contributed by atoms with Crippen molar-refractivity contribution >= 4 is 29.5 Å². The third kappa shape index (κ3) is 4.31. The van der Waals surface area contributed by atoms with E-state index in [1.54, 1.807) is 37.4 Å². The van der Waals surface area contributed by atoms with Crippen molar-refractivity contribution in [3.8, 4) is 11.1 Å². The van der Waals surface area contributed by atoms with E-state index in [9.17, 15) is 19.2 Å². The van der Waals surface area contributed by atoms with Crippen molar-refractivity contribution in [1.82, 2.24) is 15.7 Å². The Morgan fingerprint density at radius 1 is 0.900 bits per heavy atom. The minimum absolute atomic E-state index is 0.109. The maximum atomic E-state index is 13.2. The largest absolute Gasteiger partial charge is 0.449 e. The second kappa shape index (κ2) is 10.2. The number of imide groups is 1. The van der Waals surface area contributed by atoms with E-state index in [1.165, 1.54) is 12.0 Å². The highest BCUT2D eigenvalue weighted by Crippen LogP contribution is 2.44. The highest BCUT2D eigenvalue weighted by molar-refractivity contribution is 6.23. The number of carbonyl (C=O) groups excluding carboxylic acids is 4. The first-order chi connectivity index (χ1) is 19.3. The summed E-state index contributed by atoms with van der Waals surface area (Å²) in [4.78, 5) is 58.6. The molecule has 4 atom stereocenters. The molecule has 2 heterocycles. The standard InChI is InChI=1S/C30H28N4O6/c1-17(31-30(38)39-16-23-21-14-8-6-12-19(21)20-13-7-9-15-22(20)23)27(35)32-26-24-25(40-33(26)2)29(37)34(28(24)36)18-10-4-3-5-11-18/h3-15,17,23-26H,16H2,1-2H3,(H,31,38)(H,32,35)/t17-,24+,25+,26+/m0/s1. The topological polar surface area (TPSA) is 117 Å². The average molecular weight is 541 g/mol. The fourth-order valence-corrected chi connectivity index (χ4v) is 5.72. The van der Waals surface area contributed by atoms with Crippen molar-refractivity contribution in [2.45, 2.75) is 31.2 Å². The molecule has 0 saturated carbocycles. The summed E-state index contributed by atoms with van der Waals surface area (Å²) in [6.07, 6.45) is -2.68. The fourth-order valence-electron chi connectivity index (χ4n) is 5.72. The highest BCUT2D eigenvalue weighted by Gasteiger charge is 2.59. The van der Waals surface area contributed by atoms with E-state index in [4.69, 9.17) is 9.57 Å². The number of hydroxylamine groups is 2. The number of carbonyl (C=O) groups is 4. The molecule has 0 spiro atoms. The fraction of sp³-hybridized carbons (Fsp3) is 0.267. The first kappa shape index (κ1) is 25.7. The van der Waals surface area contributed by atoms with Crippen LogP contribution in [0.5, 0.6) is 0 Å². The first-order valence-electron chi connectivity index (χ1n) is 13.1. The van der Waals surface area contributed by atoms with Crippen LogP contribution >= 0.6 is 0 Å². The summed E-state index contributed by atoms with van der Waals surface area (Å²) in [5, 5.41) is 6.60. The predicted molar refractivity (Wildman–Crippen MR) is 145 cm³/mol.